The molecule has 1 aliphatic rings. The Bertz CT molecular complexity index is 854. The largest absolute Gasteiger partial charge is 0.381 e. The molecule has 1 fully saturated rings. The van der Waals surface area contributed by atoms with Gasteiger partial charge in [0.15, 0.2) is 0 Å². The van der Waals surface area contributed by atoms with E-state index in [1.54, 1.807) is 18.7 Å². The third kappa shape index (κ3) is 3.00. The van der Waals surface area contributed by atoms with Crippen LogP contribution in [-0.2, 0) is 9.53 Å². The van der Waals surface area contributed by atoms with Gasteiger partial charge >= 0.3 is 0 Å². The zero-order chi connectivity index (χ0) is 16.4. The molecule has 0 aliphatic carbocycles. The number of nitrogens with one attached hydrogen (secondary N) is 1. The summed E-state index contributed by atoms with van der Waals surface area (Å²) in [7, 11) is 0. The van der Waals surface area contributed by atoms with Gasteiger partial charge in [0, 0.05) is 49.4 Å². The van der Waals surface area contributed by atoms with Crippen molar-refractivity contribution < 1.29 is 9.53 Å². The number of ether oxygens (including phenoxy) is 1. The monoisotopic (exact) mass is 322 g/mol. The fourth-order valence-corrected chi connectivity index (χ4v) is 2.97. The van der Waals surface area contributed by atoms with Gasteiger partial charge in [0.05, 0.1) is 5.52 Å². The number of carbonyl (C=O) groups excluding carboxylic acids is 1. The summed E-state index contributed by atoms with van der Waals surface area (Å²) in [5, 5.41) is 2.92. The smallest absolute Gasteiger partial charge is 0.228 e. The summed E-state index contributed by atoms with van der Waals surface area (Å²) < 4.78 is 7.24. The van der Waals surface area contributed by atoms with E-state index in [0.29, 0.717) is 19.0 Å². The summed E-state index contributed by atoms with van der Waals surface area (Å²) >= 11 is 0. The highest BCUT2D eigenvalue weighted by molar-refractivity contribution is 5.92. The minimum Gasteiger partial charge on any atom is -0.381 e. The Kier molecular flexibility index (Phi) is 3.96. The van der Waals surface area contributed by atoms with Crippen molar-refractivity contribution in [3.8, 4) is 11.1 Å². The molecule has 24 heavy (non-hydrogen) atoms. The summed E-state index contributed by atoms with van der Waals surface area (Å²) in [6.45, 7) is 1.30. The van der Waals surface area contributed by atoms with Gasteiger partial charge in [-0.25, -0.2) is 4.98 Å². The Morgan fingerprint density at radius 2 is 1.96 bits per heavy atom. The van der Waals surface area contributed by atoms with Gasteiger partial charge in [-0.05, 0) is 36.6 Å². The first kappa shape index (κ1) is 14.8. The number of hydrogen-bond donors (Lipinski definition) is 1. The fourth-order valence-electron chi connectivity index (χ4n) is 2.97. The van der Waals surface area contributed by atoms with Crippen molar-refractivity contribution in [2.24, 2.45) is 5.92 Å². The molecule has 0 unspecified atom stereocenters. The molecule has 0 aromatic carbocycles. The maximum Gasteiger partial charge on any atom is 0.228 e. The van der Waals surface area contributed by atoms with Crippen molar-refractivity contribution in [1.82, 2.24) is 14.4 Å². The summed E-state index contributed by atoms with van der Waals surface area (Å²) in [4.78, 5) is 20.7. The molecule has 1 N–H and O–H groups in total. The van der Waals surface area contributed by atoms with Gasteiger partial charge in [0.2, 0.25) is 5.91 Å². The minimum atomic E-state index is 0.0101. The first-order chi connectivity index (χ1) is 11.8. The van der Waals surface area contributed by atoms with E-state index in [1.807, 2.05) is 28.8 Å². The molecule has 4 heterocycles. The van der Waals surface area contributed by atoms with Gasteiger partial charge in [-0.15, -0.1) is 0 Å². The van der Waals surface area contributed by atoms with Gasteiger partial charge in [-0.1, -0.05) is 0 Å². The lowest BCUT2D eigenvalue weighted by Crippen LogP contribution is -2.28. The number of carbonyl (C=O) groups is 1. The molecule has 1 amide bonds. The zero-order valence-electron chi connectivity index (χ0n) is 13.2. The van der Waals surface area contributed by atoms with E-state index < -0.39 is 0 Å². The van der Waals surface area contributed by atoms with Crippen LogP contribution in [0.4, 0.5) is 5.82 Å². The van der Waals surface area contributed by atoms with Crippen LogP contribution >= 0.6 is 0 Å². The van der Waals surface area contributed by atoms with Gasteiger partial charge in [-0.2, -0.15) is 0 Å². The molecule has 0 spiro atoms. The Balaban J connectivity index is 1.56. The highest BCUT2D eigenvalue weighted by atomic mass is 16.5. The predicted octanol–water partition coefficient (Wildman–Crippen LogP) is 2.76. The number of rotatable bonds is 3. The van der Waals surface area contributed by atoms with E-state index in [0.717, 1.165) is 29.5 Å². The van der Waals surface area contributed by atoms with Crippen molar-refractivity contribution in [2.75, 3.05) is 18.5 Å². The van der Waals surface area contributed by atoms with Crippen LogP contribution in [0.25, 0.3) is 16.6 Å². The number of nitrogens with zero attached hydrogens (tertiary/aromatic N) is 3. The maximum atomic E-state index is 12.3. The van der Waals surface area contributed by atoms with Crippen LogP contribution in [0.2, 0.25) is 0 Å². The van der Waals surface area contributed by atoms with E-state index >= 15 is 0 Å². The standard InChI is InChI=1S/C18H18N4O2/c23-18(14-3-7-24-8-4-14)21-17-10-16-9-15(11-22(16)12-20-17)13-1-5-19-6-2-13/h1-2,5-6,9-12,14H,3-4,7-8H2,(H,21,23). The van der Waals surface area contributed by atoms with Crippen molar-refractivity contribution in [3.05, 3.63) is 49.2 Å². The van der Waals surface area contributed by atoms with Crippen molar-refractivity contribution in [2.45, 2.75) is 12.8 Å². The first-order valence-electron chi connectivity index (χ1n) is 8.06. The SMILES string of the molecule is O=C(Nc1cc2cc(-c3ccncc3)cn2cn1)C1CCOCC1. The van der Waals surface area contributed by atoms with Crippen LogP contribution in [0, 0.1) is 5.92 Å². The molecular formula is C18H18N4O2. The van der Waals surface area contributed by atoms with Crippen LogP contribution in [0.15, 0.2) is 49.2 Å². The number of amides is 1. The average Bonchev–Trinajstić information content (AvgIpc) is 3.06. The van der Waals surface area contributed by atoms with E-state index in [9.17, 15) is 4.79 Å². The Morgan fingerprint density at radius 1 is 1.17 bits per heavy atom. The van der Waals surface area contributed by atoms with E-state index in [2.05, 4.69) is 21.4 Å². The number of anilines is 1. The summed E-state index contributed by atoms with van der Waals surface area (Å²) in [5.41, 5.74) is 3.17. The lowest BCUT2D eigenvalue weighted by molar-refractivity contribution is -0.122. The van der Waals surface area contributed by atoms with Crippen LogP contribution in [0.3, 0.4) is 0 Å². The van der Waals surface area contributed by atoms with Crippen molar-refractivity contribution in [1.29, 1.82) is 0 Å². The molecule has 6 nitrogen and oxygen atoms in total. The Morgan fingerprint density at radius 3 is 2.75 bits per heavy atom. The molecule has 0 saturated carbocycles. The van der Waals surface area contributed by atoms with Gasteiger partial charge < -0.3 is 14.5 Å². The van der Waals surface area contributed by atoms with Crippen LogP contribution < -0.4 is 5.32 Å². The number of aromatic nitrogens is 3. The van der Waals surface area contributed by atoms with Crippen LogP contribution in [-0.4, -0.2) is 33.5 Å². The lowest BCUT2D eigenvalue weighted by atomic mass is 9.99. The highest BCUT2D eigenvalue weighted by Crippen LogP contribution is 2.23. The van der Waals surface area contributed by atoms with E-state index in [-0.39, 0.29) is 11.8 Å². The topological polar surface area (TPSA) is 68.5 Å². The maximum absolute atomic E-state index is 12.3. The Labute approximate surface area is 139 Å². The molecule has 1 aliphatic heterocycles. The lowest BCUT2D eigenvalue weighted by Gasteiger charge is -2.20. The summed E-state index contributed by atoms with van der Waals surface area (Å²) in [6, 6.07) is 7.90. The fraction of sp³-hybridized carbons (Fsp3) is 0.278. The van der Waals surface area contributed by atoms with Gasteiger partial charge in [0.25, 0.3) is 0 Å². The first-order valence-corrected chi connectivity index (χ1v) is 8.06. The molecule has 0 atom stereocenters. The molecule has 3 aromatic heterocycles. The van der Waals surface area contributed by atoms with E-state index in [4.69, 9.17) is 4.74 Å². The minimum absolute atomic E-state index is 0.0101. The van der Waals surface area contributed by atoms with Crippen molar-refractivity contribution >= 4 is 17.2 Å². The third-order valence-electron chi connectivity index (χ3n) is 4.34. The number of fused-ring (bicyclic) bond motifs is 1. The highest BCUT2D eigenvalue weighted by Gasteiger charge is 2.21. The molecule has 4 rings (SSSR count). The second-order valence-electron chi connectivity index (χ2n) is 5.95. The van der Waals surface area contributed by atoms with Gasteiger partial charge in [0.1, 0.15) is 12.1 Å². The molecular weight excluding hydrogens is 304 g/mol. The molecule has 122 valence electrons. The van der Waals surface area contributed by atoms with E-state index in [1.165, 1.54) is 0 Å². The molecule has 6 heteroatoms. The van der Waals surface area contributed by atoms with Gasteiger partial charge in [-0.3, -0.25) is 9.78 Å². The number of hydrogen-bond acceptors (Lipinski definition) is 4. The second-order valence-corrected chi connectivity index (χ2v) is 5.95. The number of pyridine rings is 1. The third-order valence-corrected chi connectivity index (χ3v) is 4.34. The quantitative estimate of drug-likeness (QED) is 0.805. The molecule has 3 aromatic rings. The van der Waals surface area contributed by atoms with Crippen LogP contribution in [0.5, 0.6) is 0 Å². The average molecular weight is 322 g/mol. The summed E-state index contributed by atoms with van der Waals surface area (Å²) in [6.07, 6.45) is 8.82. The zero-order valence-corrected chi connectivity index (χ0v) is 13.2. The van der Waals surface area contributed by atoms with Crippen molar-refractivity contribution in [3.63, 3.8) is 0 Å². The molecule has 0 radical (unpaired) electrons. The van der Waals surface area contributed by atoms with Crippen LogP contribution in [0.1, 0.15) is 12.8 Å². The molecule has 1 saturated heterocycles. The normalized spacial score (nSPS) is 15.5. The predicted molar refractivity (Wildman–Crippen MR) is 90.6 cm³/mol. The molecule has 0 bridgehead atoms. The summed E-state index contributed by atoms with van der Waals surface area (Å²) in [5.74, 6) is 0.616. The second kappa shape index (κ2) is 6.41. The Hall–Kier alpha value is -2.73.